The van der Waals surface area contributed by atoms with E-state index in [1.165, 1.54) is 24.3 Å². The molecule has 26 heavy (non-hydrogen) atoms. The van der Waals surface area contributed by atoms with Crippen LogP contribution in [0.1, 0.15) is 11.1 Å². The van der Waals surface area contributed by atoms with E-state index in [4.69, 9.17) is 11.6 Å². The Bertz CT molecular complexity index is 843. The Kier molecular flexibility index (Phi) is 10.5. The Labute approximate surface area is 176 Å². The first-order valence-corrected chi connectivity index (χ1v) is 8.70. The van der Waals surface area contributed by atoms with Crippen LogP contribution in [0.2, 0.25) is 0 Å². The maximum absolute atomic E-state index is 10.3. The van der Waals surface area contributed by atoms with Gasteiger partial charge in [0.2, 0.25) is 0 Å². The van der Waals surface area contributed by atoms with E-state index in [0.717, 1.165) is 17.7 Å². The second-order valence-electron chi connectivity index (χ2n) is 4.68. The summed E-state index contributed by atoms with van der Waals surface area (Å²) in [4.78, 5) is 19.4. The van der Waals surface area contributed by atoms with Gasteiger partial charge in [0, 0.05) is 30.1 Å². The first-order valence-electron chi connectivity index (χ1n) is 6.58. The molecule has 12 heteroatoms. The van der Waals surface area contributed by atoms with Crippen LogP contribution in [0.25, 0.3) is 0 Å². The molecule has 0 saturated heterocycles. The Balaban J connectivity index is 0.000000475. The molecule has 2 rings (SSSR count). The predicted molar refractivity (Wildman–Crippen MR) is 89.2 cm³/mol. The summed E-state index contributed by atoms with van der Waals surface area (Å²) in [5.74, 6) is -0.261. The van der Waals surface area contributed by atoms with Gasteiger partial charge in [-0.3, -0.25) is 20.2 Å². The summed E-state index contributed by atoms with van der Waals surface area (Å²) < 4.78 is 31.0. The SMILES string of the molecule is O=[N+]([O-])c1ccc(CCl)cc1.O=[N+]([O-])c1ccc(CS(=O)(=O)[O-])cc1.[Na+]. The summed E-state index contributed by atoms with van der Waals surface area (Å²) in [5.41, 5.74) is 1.08. The Morgan fingerprint density at radius 3 is 1.42 bits per heavy atom. The van der Waals surface area contributed by atoms with Gasteiger partial charge in [-0.25, -0.2) is 8.42 Å². The van der Waals surface area contributed by atoms with Crippen LogP contribution in [0.3, 0.4) is 0 Å². The number of hydrogen-bond acceptors (Lipinski definition) is 7. The van der Waals surface area contributed by atoms with Crippen LogP contribution in [0.15, 0.2) is 48.5 Å². The van der Waals surface area contributed by atoms with Crippen LogP contribution in [0.5, 0.6) is 0 Å². The van der Waals surface area contributed by atoms with Gasteiger partial charge < -0.3 is 4.55 Å². The molecule has 0 bridgehead atoms. The van der Waals surface area contributed by atoms with Crippen molar-refractivity contribution in [2.75, 3.05) is 0 Å². The van der Waals surface area contributed by atoms with Gasteiger partial charge >= 0.3 is 29.6 Å². The molecule has 9 nitrogen and oxygen atoms in total. The molecule has 0 N–H and O–H groups in total. The molecule has 0 fully saturated rings. The van der Waals surface area contributed by atoms with Crippen LogP contribution < -0.4 is 29.6 Å². The van der Waals surface area contributed by atoms with Gasteiger partial charge in [0.15, 0.2) is 0 Å². The van der Waals surface area contributed by atoms with Crippen molar-refractivity contribution >= 4 is 33.1 Å². The number of nitrogens with zero attached hydrogens (tertiary/aromatic N) is 2. The minimum Gasteiger partial charge on any atom is -0.748 e. The van der Waals surface area contributed by atoms with E-state index in [1.807, 2.05) is 0 Å². The number of nitro groups is 2. The Hall–Kier alpha value is -1.56. The first kappa shape index (κ1) is 24.4. The van der Waals surface area contributed by atoms with Crippen molar-refractivity contribution in [1.29, 1.82) is 0 Å². The molecule has 0 unspecified atom stereocenters. The van der Waals surface area contributed by atoms with E-state index in [1.54, 1.807) is 12.1 Å². The van der Waals surface area contributed by atoms with Gasteiger partial charge in [0.25, 0.3) is 11.4 Å². The molecular formula is C14H12ClN2NaO7S. The zero-order chi connectivity index (χ0) is 19.0. The van der Waals surface area contributed by atoms with Gasteiger partial charge in [0.05, 0.1) is 25.7 Å². The smallest absolute Gasteiger partial charge is 0.748 e. The second kappa shape index (κ2) is 11.2. The molecule has 0 saturated carbocycles. The van der Waals surface area contributed by atoms with Crippen molar-refractivity contribution in [3.8, 4) is 0 Å². The number of non-ortho nitro benzene ring substituents is 2. The molecular weight excluding hydrogens is 399 g/mol. The van der Waals surface area contributed by atoms with Crippen LogP contribution in [0.4, 0.5) is 11.4 Å². The van der Waals surface area contributed by atoms with E-state index >= 15 is 0 Å². The average molecular weight is 411 g/mol. The van der Waals surface area contributed by atoms with Gasteiger partial charge in [-0.2, -0.15) is 0 Å². The standard InChI is InChI=1S/C7H6ClNO2.C7H7NO5S.Na/c8-5-6-1-3-7(4-2-6)9(10)11;9-8(10)7-3-1-6(2-4-7)5-14(11,12)13;/h1-4H,5H2;1-4H,5H2,(H,11,12,13);/q;;+1/p-1. The molecule has 134 valence electrons. The molecule has 0 heterocycles. The Morgan fingerprint density at radius 2 is 1.15 bits per heavy atom. The van der Waals surface area contributed by atoms with E-state index < -0.39 is 25.7 Å². The number of rotatable bonds is 5. The largest absolute Gasteiger partial charge is 1.00 e. The van der Waals surface area contributed by atoms with Crippen LogP contribution in [-0.2, 0) is 21.8 Å². The molecule has 2 aromatic carbocycles. The molecule has 0 aliphatic carbocycles. The van der Waals surface area contributed by atoms with Crippen molar-refractivity contribution in [1.82, 2.24) is 0 Å². The minimum atomic E-state index is -4.33. The quantitative estimate of drug-likeness (QED) is 0.221. The number of benzene rings is 2. The van der Waals surface area contributed by atoms with Gasteiger partial charge in [-0.1, -0.05) is 24.3 Å². The molecule has 0 amide bonds. The van der Waals surface area contributed by atoms with E-state index in [9.17, 15) is 33.2 Å². The normalized spacial score (nSPS) is 10.1. The molecule has 0 radical (unpaired) electrons. The number of halogens is 1. The minimum absolute atomic E-state index is 0. The van der Waals surface area contributed by atoms with E-state index in [0.29, 0.717) is 5.88 Å². The number of hydrogen-bond donors (Lipinski definition) is 0. The Morgan fingerprint density at radius 1 is 0.808 bits per heavy atom. The first-order chi connectivity index (χ1) is 11.6. The van der Waals surface area contributed by atoms with Crippen LogP contribution >= 0.6 is 11.6 Å². The predicted octanol–water partition coefficient (Wildman–Crippen LogP) is -0.0224. The van der Waals surface area contributed by atoms with Crippen LogP contribution in [-0.4, -0.2) is 22.8 Å². The average Bonchev–Trinajstić information content (AvgIpc) is 2.54. The van der Waals surface area contributed by atoms with Crippen molar-refractivity contribution in [2.45, 2.75) is 11.6 Å². The number of nitro benzene ring substituents is 2. The zero-order valence-corrected chi connectivity index (χ0v) is 17.1. The molecule has 0 spiro atoms. The summed E-state index contributed by atoms with van der Waals surface area (Å²) in [7, 11) is -4.33. The van der Waals surface area contributed by atoms with Crippen molar-refractivity contribution in [2.24, 2.45) is 0 Å². The molecule has 2 aromatic rings. The van der Waals surface area contributed by atoms with E-state index in [2.05, 4.69) is 0 Å². The monoisotopic (exact) mass is 410 g/mol. The summed E-state index contributed by atoms with van der Waals surface area (Å²) >= 11 is 5.49. The topological polar surface area (TPSA) is 143 Å². The molecule has 0 aliphatic heterocycles. The maximum Gasteiger partial charge on any atom is 1.00 e. The van der Waals surface area contributed by atoms with Gasteiger partial charge in [-0.15, -0.1) is 11.6 Å². The van der Waals surface area contributed by atoms with Gasteiger partial charge in [0.1, 0.15) is 0 Å². The third-order valence-corrected chi connectivity index (χ3v) is 3.79. The van der Waals surface area contributed by atoms with Gasteiger partial charge in [-0.05, 0) is 11.1 Å². The summed E-state index contributed by atoms with van der Waals surface area (Å²) in [6.45, 7) is 0. The fourth-order valence-corrected chi connectivity index (χ4v) is 2.40. The summed E-state index contributed by atoms with van der Waals surface area (Å²) in [6.07, 6.45) is 0. The molecule has 0 aliphatic rings. The van der Waals surface area contributed by atoms with Crippen molar-refractivity contribution in [3.05, 3.63) is 79.9 Å². The summed E-state index contributed by atoms with van der Waals surface area (Å²) in [6, 6.07) is 11.0. The van der Waals surface area contributed by atoms with Crippen LogP contribution in [0, 0.1) is 20.2 Å². The van der Waals surface area contributed by atoms with E-state index in [-0.39, 0.29) is 46.5 Å². The fourth-order valence-electron chi connectivity index (χ4n) is 1.62. The summed E-state index contributed by atoms with van der Waals surface area (Å²) in [5, 5.41) is 20.4. The number of alkyl halides is 1. The molecule has 0 aromatic heterocycles. The maximum atomic E-state index is 10.3. The third-order valence-electron chi connectivity index (χ3n) is 2.79. The van der Waals surface area contributed by atoms with Crippen molar-refractivity contribution in [3.63, 3.8) is 0 Å². The third kappa shape index (κ3) is 9.22. The van der Waals surface area contributed by atoms with Crippen molar-refractivity contribution < 1.29 is 52.4 Å². The fraction of sp³-hybridized carbons (Fsp3) is 0.143. The second-order valence-corrected chi connectivity index (χ2v) is 6.35. The zero-order valence-electron chi connectivity index (χ0n) is 13.6. The molecule has 0 atom stereocenters.